The second-order valence-corrected chi connectivity index (χ2v) is 7.32. The van der Waals surface area contributed by atoms with Gasteiger partial charge in [-0.2, -0.15) is 0 Å². The van der Waals surface area contributed by atoms with Crippen LogP contribution in [0.2, 0.25) is 0 Å². The highest BCUT2D eigenvalue weighted by molar-refractivity contribution is 5.50. The number of benzene rings is 2. The Balaban J connectivity index is 1.45. The highest BCUT2D eigenvalue weighted by Gasteiger charge is 2.32. The normalized spacial score (nSPS) is 15.8. The number of methoxy groups -OCH3 is 1. The molecule has 3 rings (SSSR count). The molecule has 0 amide bonds. The van der Waals surface area contributed by atoms with Crippen molar-refractivity contribution in [3.63, 3.8) is 0 Å². The van der Waals surface area contributed by atoms with E-state index in [1.165, 1.54) is 5.56 Å². The SMILES string of the molecule is COc1ccc(C[NH2+]C[C@@H](O)COc2cccc3c2OC(C)(C)C3)cc1. The summed E-state index contributed by atoms with van der Waals surface area (Å²) in [5.74, 6) is 2.37. The molecule has 0 bridgehead atoms. The van der Waals surface area contributed by atoms with E-state index in [0.29, 0.717) is 12.3 Å². The Bertz CT molecular complexity index is 727. The van der Waals surface area contributed by atoms with E-state index in [-0.39, 0.29) is 12.2 Å². The van der Waals surface area contributed by atoms with Crippen LogP contribution in [0.15, 0.2) is 42.5 Å². The summed E-state index contributed by atoms with van der Waals surface area (Å²) in [4.78, 5) is 0. The van der Waals surface area contributed by atoms with Crippen molar-refractivity contribution in [2.75, 3.05) is 20.3 Å². The molecule has 1 heterocycles. The van der Waals surface area contributed by atoms with E-state index < -0.39 is 6.10 Å². The van der Waals surface area contributed by atoms with Crippen molar-refractivity contribution in [2.24, 2.45) is 0 Å². The van der Waals surface area contributed by atoms with Crippen molar-refractivity contribution in [1.82, 2.24) is 0 Å². The number of nitrogens with two attached hydrogens (primary N) is 1. The van der Waals surface area contributed by atoms with Crippen LogP contribution in [0.5, 0.6) is 17.2 Å². The van der Waals surface area contributed by atoms with Crippen LogP contribution >= 0.6 is 0 Å². The molecule has 0 unspecified atom stereocenters. The number of rotatable bonds is 8. The molecule has 3 N–H and O–H groups in total. The summed E-state index contributed by atoms with van der Waals surface area (Å²) in [6, 6.07) is 13.9. The number of aliphatic hydroxyl groups is 1. The first kappa shape index (κ1) is 18.5. The average molecular weight is 358 g/mol. The number of hydrogen-bond acceptors (Lipinski definition) is 4. The number of hydrogen-bond donors (Lipinski definition) is 2. The number of para-hydroxylation sites is 1. The van der Waals surface area contributed by atoms with Crippen molar-refractivity contribution < 1.29 is 24.6 Å². The molecule has 5 nitrogen and oxygen atoms in total. The molecule has 2 aromatic carbocycles. The Hall–Kier alpha value is -2.24. The second-order valence-electron chi connectivity index (χ2n) is 7.32. The Morgan fingerprint density at radius 3 is 2.69 bits per heavy atom. The summed E-state index contributed by atoms with van der Waals surface area (Å²) in [7, 11) is 1.66. The molecule has 0 spiro atoms. The van der Waals surface area contributed by atoms with Crippen LogP contribution in [-0.4, -0.2) is 37.1 Å². The van der Waals surface area contributed by atoms with Gasteiger partial charge >= 0.3 is 0 Å². The lowest BCUT2D eigenvalue weighted by molar-refractivity contribution is -0.676. The Morgan fingerprint density at radius 2 is 1.96 bits per heavy atom. The van der Waals surface area contributed by atoms with Gasteiger partial charge in [0.1, 0.15) is 37.2 Å². The molecule has 0 radical (unpaired) electrons. The van der Waals surface area contributed by atoms with Crippen molar-refractivity contribution in [2.45, 2.75) is 38.5 Å². The van der Waals surface area contributed by atoms with Crippen LogP contribution in [0.25, 0.3) is 0 Å². The summed E-state index contributed by atoms with van der Waals surface area (Å²) < 4.78 is 17.0. The van der Waals surface area contributed by atoms with E-state index in [9.17, 15) is 5.11 Å². The average Bonchev–Trinajstić information content (AvgIpc) is 2.95. The lowest BCUT2D eigenvalue weighted by Gasteiger charge is -2.18. The highest BCUT2D eigenvalue weighted by Crippen LogP contribution is 2.41. The second kappa shape index (κ2) is 7.98. The third kappa shape index (κ3) is 4.68. The lowest BCUT2D eigenvalue weighted by Crippen LogP contribution is -2.85. The Kier molecular flexibility index (Phi) is 5.69. The van der Waals surface area contributed by atoms with Gasteiger partial charge < -0.3 is 24.6 Å². The third-order valence-corrected chi connectivity index (χ3v) is 4.46. The van der Waals surface area contributed by atoms with Gasteiger partial charge in [-0.05, 0) is 44.2 Å². The molecule has 0 fully saturated rings. The molecule has 1 atom stereocenters. The first-order chi connectivity index (χ1) is 12.5. The van der Waals surface area contributed by atoms with Gasteiger partial charge in [-0.25, -0.2) is 0 Å². The minimum Gasteiger partial charge on any atom is -0.497 e. The van der Waals surface area contributed by atoms with Gasteiger partial charge in [-0.3, -0.25) is 0 Å². The van der Waals surface area contributed by atoms with Crippen molar-refractivity contribution in [3.8, 4) is 17.2 Å². The minimum atomic E-state index is -0.543. The predicted molar refractivity (Wildman–Crippen MR) is 99.8 cm³/mol. The first-order valence-electron chi connectivity index (χ1n) is 9.03. The molecule has 0 aromatic heterocycles. The maximum Gasteiger partial charge on any atom is 0.165 e. The van der Waals surface area contributed by atoms with Gasteiger partial charge in [-0.15, -0.1) is 0 Å². The summed E-state index contributed by atoms with van der Waals surface area (Å²) in [5, 5.41) is 12.3. The lowest BCUT2D eigenvalue weighted by atomic mass is 10.0. The number of ether oxygens (including phenoxy) is 3. The molecule has 1 aliphatic heterocycles. The largest absolute Gasteiger partial charge is 0.497 e. The summed E-state index contributed by atoms with van der Waals surface area (Å²) >= 11 is 0. The molecule has 1 aliphatic rings. The summed E-state index contributed by atoms with van der Waals surface area (Å²) in [6.07, 6.45) is 0.330. The standard InChI is InChI=1S/C21H27NO4/c1-21(2)11-16-5-4-6-19(20(16)26-21)25-14-17(23)13-22-12-15-7-9-18(24-3)10-8-15/h4-10,17,22-23H,11-14H2,1-3H3/p+1/t17-/m1/s1. The fraction of sp³-hybridized carbons (Fsp3) is 0.429. The van der Waals surface area contributed by atoms with Gasteiger partial charge in [0, 0.05) is 17.5 Å². The van der Waals surface area contributed by atoms with E-state index >= 15 is 0 Å². The van der Waals surface area contributed by atoms with E-state index in [0.717, 1.165) is 30.0 Å². The molecule has 5 heteroatoms. The van der Waals surface area contributed by atoms with Crippen molar-refractivity contribution in [1.29, 1.82) is 0 Å². The van der Waals surface area contributed by atoms with E-state index in [4.69, 9.17) is 14.2 Å². The van der Waals surface area contributed by atoms with E-state index in [2.05, 4.69) is 25.2 Å². The van der Waals surface area contributed by atoms with Crippen LogP contribution in [-0.2, 0) is 13.0 Å². The molecular weight excluding hydrogens is 330 g/mol. The van der Waals surface area contributed by atoms with E-state index in [1.807, 2.05) is 36.4 Å². The smallest absolute Gasteiger partial charge is 0.165 e. The molecule has 140 valence electrons. The van der Waals surface area contributed by atoms with Crippen LogP contribution < -0.4 is 19.5 Å². The van der Waals surface area contributed by atoms with Gasteiger partial charge in [0.15, 0.2) is 11.5 Å². The maximum atomic E-state index is 10.2. The number of quaternary nitrogens is 1. The van der Waals surface area contributed by atoms with Gasteiger partial charge in [0.25, 0.3) is 0 Å². The zero-order valence-corrected chi connectivity index (χ0v) is 15.7. The van der Waals surface area contributed by atoms with E-state index in [1.54, 1.807) is 7.11 Å². The first-order valence-corrected chi connectivity index (χ1v) is 9.03. The zero-order valence-electron chi connectivity index (χ0n) is 15.7. The molecule has 26 heavy (non-hydrogen) atoms. The monoisotopic (exact) mass is 358 g/mol. The topological polar surface area (TPSA) is 64.5 Å². The maximum absolute atomic E-state index is 10.2. The predicted octanol–water partition coefficient (Wildman–Crippen LogP) is 1.91. The van der Waals surface area contributed by atoms with Crippen LogP contribution in [0.1, 0.15) is 25.0 Å². The number of fused-ring (bicyclic) bond motifs is 1. The fourth-order valence-corrected chi connectivity index (χ4v) is 3.16. The van der Waals surface area contributed by atoms with Gasteiger partial charge in [0.05, 0.1) is 7.11 Å². The molecule has 0 saturated carbocycles. The molecule has 0 aliphatic carbocycles. The fourth-order valence-electron chi connectivity index (χ4n) is 3.16. The number of aliphatic hydroxyl groups excluding tert-OH is 1. The van der Waals surface area contributed by atoms with Crippen molar-refractivity contribution in [3.05, 3.63) is 53.6 Å². The Labute approximate surface area is 154 Å². The quantitative estimate of drug-likeness (QED) is 0.757. The van der Waals surface area contributed by atoms with Crippen LogP contribution in [0, 0.1) is 0 Å². The van der Waals surface area contributed by atoms with Crippen LogP contribution in [0.4, 0.5) is 0 Å². The highest BCUT2D eigenvalue weighted by atomic mass is 16.5. The van der Waals surface area contributed by atoms with Gasteiger partial charge in [-0.1, -0.05) is 12.1 Å². The van der Waals surface area contributed by atoms with Crippen LogP contribution in [0.3, 0.4) is 0 Å². The van der Waals surface area contributed by atoms with Gasteiger partial charge in [0.2, 0.25) is 0 Å². The molecule has 2 aromatic rings. The molecular formula is C21H28NO4+. The van der Waals surface area contributed by atoms with Crippen molar-refractivity contribution >= 4 is 0 Å². The zero-order chi connectivity index (χ0) is 18.6. The summed E-state index contributed by atoms with van der Waals surface area (Å²) in [6.45, 7) is 5.77. The minimum absolute atomic E-state index is 0.202. The Morgan fingerprint density at radius 1 is 1.19 bits per heavy atom. The molecule has 0 saturated heterocycles. The summed E-state index contributed by atoms with van der Waals surface area (Å²) in [5.41, 5.74) is 2.15. The third-order valence-electron chi connectivity index (χ3n) is 4.46.